The summed E-state index contributed by atoms with van der Waals surface area (Å²) < 4.78 is 0. The number of phenols is 1. The molecule has 1 unspecified atom stereocenters. The van der Waals surface area contributed by atoms with Gasteiger partial charge in [-0.05, 0) is 70.9 Å². The van der Waals surface area contributed by atoms with E-state index in [-0.39, 0.29) is 35.6 Å². The van der Waals surface area contributed by atoms with Gasteiger partial charge in [0.1, 0.15) is 22.8 Å². The minimum absolute atomic E-state index is 0.00804. The molecule has 1 saturated carbocycles. The van der Waals surface area contributed by atoms with E-state index in [0.717, 1.165) is 19.4 Å². The molecule has 0 radical (unpaired) electrons. The number of nitrogens with two attached hydrogens (primary N) is 1. The van der Waals surface area contributed by atoms with Crippen molar-refractivity contribution in [3.8, 4) is 5.75 Å². The molecule has 4 aliphatic rings. The summed E-state index contributed by atoms with van der Waals surface area (Å²) in [7, 11) is 8.50. The van der Waals surface area contributed by atoms with Gasteiger partial charge in [0, 0.05) is 31.3 Å². The van der Waals surface area contributed by atoms with E-state index in [1.807, 2.05) is 11.9 Å². The molecule has 13 nitrogen and oxygen atoms in total. The first kappa shape index (κ1) is 30.5. The van der Waals surface area contributed by atoms with Crippen molar-refractivity contribution < 1.29 is 39.6 Å². The molecule has 1 aromatic carbocycles. The fourth-order valence-corrected chi connectivity index (χ4v) is 7.41. The second kappa shape index (κ2) is 10.6. The number of nitrogens with zero attached hydrogens (tertiary/aromatic N) is 3. The normalized spacial score (nSPS) is 29.3. The number of likely N-dealkylation sites (N-methyl/N-ethyl adjacent to an activating group) is 2. The van der Waals surface area contributed by atoms with Gasteiger partial charge in [-0.25, -0.2) is 0 Å². The summed E-state index contributed by atoms with van der Waals surface area (Å²) in [5, 5.41) is 48.7. The van der Waals surface area contributed by atoms with Crippen molar-refractivity contribution in [3.05, 3.63) is 34.1 Å². The predicted octanol–water partition coefficient (Wildman–Crippen LogP) is 0.453. The van der Waals surface area contributed by atoms with Crippen LogP contribution in [0.15, 0.2) is 23.0 Å². The van der Waals surface area contributed by atoms with Gasteiger partial charge in [-0.1, -0.05) is 6.42 Å². The number of aromatic hydroxyl groups is 1. The van der Waals surface area contributed by atoms with Crippen LogP contribution in [-0.2, 0) is 25.6 Å². The number of likely N-dealkylation sites (tertiary alicyclic amines) is 1. The minimum atomic E-state index is -2.72. The van der Waals surface area contributed by atoms with Gasteiger partial charge in [-0.15, -0.1) is 0 Å². The van der Waals surface area contributed by atoms with Gasteiger partial charge in [0.05, 0.1) is 23.3 Å². The molecule has 3 aliphatic carbocycles. The molecule has 13 heteroatoms. The quantitative estimate of drug-likeness (QED) is 0.204. The number of primary amides is 1. The zero-order valence-corrected chi connectivity index (χ0v) is 25.0. The van der Waals surface area contributed by atoms with Gasteiger partial charge >= 0.3 is 0 Å². The number of aliphatic hydroxyl groups is 3. The van der Waals surface area contributed by atoms with Gasteiger partial charge in [0.15, 0.2) is 11.4 Å². The standard InChI is InChI=1S/C30H39N5O8/c1-33(2)18-12-16(32-29(42)17-8-6-7-9-35(17)5)23(36)20-14(18)10-13-11-15-22(34(3)4)25(38)21(28(31)41)27(40)30(15,43)26(39)19(13)24(20)37/h12-13,15,17,22,36-37,40,43H,6-11H2,1-5H3,(H2,31,41)(H,32,42)/t13-,15-,17?,22-,30-/m0/s1. The molecule has 1 aromatic rings. The number of hydrogen-bond acceptors (Lipinski definition) is 11. The lowest BCUT2D eigenvalue weighted by Crippen LogP contribution is -2.65. The summed E-state index contributed by atoms with van der Waals surface area (Å²) >= 11 is 0. The predicted molar refractivity (Wildman–Crippen MR) is 157 cm³/mol. The van der Waals surface area contributed by atoms with Crippen LogP contribution in [0.5, 0.6) is 5.75 Å². The fourth-order valence-electron chi connectivity index (χ4n) is 7.41. The van der Waals surface area contributed by atoms with Crippen LogP contribution in [0.3, 0.4) is 0 Å². The lowest BCUT2D eigenvalue weighted by Gasteiger charge is -2.50. The molecule has 0 aromatic heterocycles. The number of rotatable bonds is 5. The Bertz CT molecular complexity index is 1500. The fraction of sp³-hybridized carbons (Fsp3) is 0.533. The molecule has 1 saturated heterocycles. The summed E-state index contributed by atoms with van der Waals surface area (Å²) in [5.74, 6) is -7.54. The number of carbonyl (C=O) groups excluding carboxylic acids is 4. The number of phenolic OH excluding ortho intramolecular Hbond substituents is 1. The number of hydrogen-bond donors (Lipinski definition) is 6. The lowest BCUT2D eigenvalue weighted by atomic mass is 9.57. The highest BCUT2D eigenvalue weighted by Crippen LogP contribution is 2.54. The number of fused-ring (bicyclic) bond motifs is 3. The number of piperidine rings is 1. The van der Waals surface area contributed by atoms with Crippen molar-refractivity contribution in [1.82, 2.24) is 9.80 Å². The third-order valence-electron chi connectivity index (χ3n) is 9.51. The second-order valence-corrected chi connectivity index (χ2v) is 12.5. The minimum Gasteiger partial charge on any atom is -0.508 e. The smallest absolute Gasteiger partial charge is 0.255 e. The van der Waals surface area contributed by atoms with Crippen LogP contribution in [0.25, 0.3) is 5.76 Å². The van der Waals surface area contributed by atoms with E-state index < -0.39 is 69.8 Å². The second-order valence-electron chi connectivity index (χ2n) is 12.5. The Morgan fingerprint density at radius 3 is 2.37 bits per heavy atom. The summed E-state index contributed by atoms with van der Waals surface area (Å²) in [4.78, 5) is 58.0. The van der Waals surface area contributed by atoms with Crippen LogP contribution in [-0.4, -0.2) is 113 Å². The average molecular weight is 598 g/mol. The Kier molecular flexibility index (Phi) is 7.56. The molecule has 1 heterocycles. The number of Topliss-reactive ketones (excluding diaryl/α,β-unsaturated/α-hetero) is 2. The van der Waals surface area contributed by atoms with Crippen LogP contribution >= 0.6 is 0 Å². The van der Waals surface area contributed by atoms with Gasteiger partial charge in [-0.2, -0.15) is 0 Å². The molecule has 5 rings (SSSR count). The number of carbonyl (C=O) groups is 4. The van der Waals surface area contributed by atoms with E-state index in [1.165, 1.54) is 4.90 Å². The van der Waals surface area contributed by atoms with Gasteiger partial charge in [0.25, 0.3) is 5.91 Å². The summed E-state index contributed by atoms with van der Waals surface area (Å²) in [5.41, 5.74) is 2.63. The Balaban J connectivity index is 1.66. The number of nitrogens with one attached hydrogen (secondary N) is 1. The van der Waals surface area contributed by atoms with Crippen molar-refractivity contribution >= 4 is 40.5 Å². The van der Waals surface area contributed by atoms with E-state index in [4.69, 9.17) is 5.73 Å². The lowest BCUT2D eigenvalue weighted by molar-refractivity contribution is -0.153. The maximum Gasteiger partial charge on any atom is 0.255 e. The van der Waals surface area contributed by atoms with Crippen LogP contribution in [0.2, 0.25) is 0 Å². The molecule has 2 fully saturated rings. The van der Waals surface area contributed by atoms with Crippen molar-refractivity contribution in [2.24, 2.45) is 17.6 Å². The maximum atomic E-state index is 14.1. The third kappa shape index (κ3) is 4.48. The SMILES string of the molecule is CN(C)c1cc(NC(=O)C2CCCCN2C)c(O)c2c1C[C@H]1C[C@H]3[C@H](N(C)C)C(=O)C(C(N)=O)=C(O)[C@@]3(O)C(=O)C1=C2O. The number of amides is 2. The molecular formula is C30H39N5O8. The molecule has 7 N–H and O–H groups in total. The van der Waals surface area contributed by atoms with Crippen molar-refractivity contribution in [2.75, 3.05) is 52.0 Å². The van der Waals surface area contributed by atoms with E-state index in [2.05, 4.69) is 5.32 Å². The highest BCUT2D eigenvalue weighted by atomic mass is 16.3. The number of benzene rings is 1. The van der Waals surface area contributed by atoms with Crippen molar-refractivity contribution in [3.63, 3.8) is 0 Å². The Morgan fingerprint density at radius 2 is 1.79 bits per heavy atom. The Labute approximate surface area is 249 Å². The van der Waals surface area contributed by atoms with E-state index in [1.54, 1.807) is 39.2 Å². The molecular weight excluding hydrogens is 558 g/mol. The highest BCUT2D eigenvalue weighted by Gasteiger charge is 2.64. The first-order chi connectivity index (χ1) is 20.1. The molecule has 0 spiro atoms. The molecule has 232 valence electrons. The first-order valence-corrected chi connectivity index (χ1v) is 14.3. The summed E-state index contributed by atoms with van der Waals surface area (Å²) in [6.07, 6.45) is 2.66. The zero-order chi connectivity index (χ0) is 31.7. The van der Waals surface area contributed by atoms with Crippen molar-refractivity contribution in [1.29, 1.82) is 0 Å². The van der Waals surface area contributed by atoms with Crippen LogP contribution in [0.1, 0.15) is 36.8 Å². The maximum absolute atomic E-state index is 14.1. The first-order valence-electron chi connectivity index (χ1n) is 14.3. The van der Waals surface area contributed by atoms with Crippen LogP contribution in [0.4, 0.5) is 11.4 Å². The summed E-state index contributed by atoms with van der Waals surface area (Å²) in [6, 6.07) is 0.0613. The third-order valence-corrected chi connectivity index (χ3v) is 9.51. The van der Waals surface area contributed by atoms with E-state index >= 15 is 0 Å². The molecule has 2 amide bonds. The number of anilines is 2. The topological polar surface area (TPSA) is 197 Å². The molecule has 5 atom stereocenters. The van der Waals surface area contributed by atoms with E-state index in [0.29, 0.717) is 17.7 Å². The largest absolute Gasteiger partial charge is 0.508 e. The van der Waals surface area contributed by atoms with Crippen LogP contribution in [0, 0.1) is 11.8 Å². The zero-order valence-electron chi connectivity index (χ0n) is 25.0. The Morgan fingerprint density at radius 1 is 1.12 bits per heavy atom. The monoisotopic (exact) mass is 597 g/mol. The molecule has 0 bridgehead atoms. The van der Waals surface area contributed by atoms with Gasteiger partial charge < -0.3 is 36.4 Å². The highest BCUT2D eigenvalue weighted by molar-refractivity contribution is 6.24. The number of aliphatic hydroxyl groups excluding tert-OH is 2. The summed E-state index contributed by atoms with van der Waals surface area (Å²) in [6.45, 7) is 0.760. The Hall–Kier alpha value is -3.94. The van der Waals surface area contributed by atoms with Gasteiger partial charge in [-0.3, -0.25) is 29.0 Å². The molecule has 1 aliphatic heterocycles. The average Bonchev–Trinajstić information content (AvgIpc) is 2.91. The number of ketones is 2. The van der Waals surface area contributed by atoms with Crippen LogP contribution < -0.4 is 16.0 Å². The van der Waals surface area contributed by atoms with E-state index in [9.17, 15) is 39.6 Å². The van der Waals surface area contributed by atoms with Crippen molar-refractivity contribution in [2.45, 2.75) is 49.8 Å². The van der Waals surface area contributed by atoms with Gasteiger partial charge in [0.2, 0.25) is 11.7 Å². The molecule has 43 heavy (non-hydrogen) atoms.